The number of allylic oxidation sites excluding steroid dienone is 4. The van der Waals surface area contributed by atoms with Gasteiger partial charge in [0, 0.05) is 6.42 Å². The number of nitrogens with zero attached hydrogens (tertiary/aromatic N) is 1. The Balaban J connectivity index is 4.01. The van der Waals surface area contributed by atoms with Crippen LogP contribution in [0.3, 0.4) is 0 Å². The van der Waals surface area contributed by atoms with Crippen LogP contribution in [0, 0.1) is 0 Å². The molecule has 0 rings (SSSR count). The summed E-state index contributed by atoms with van der Waals surface area (Å²) in [6.45, 7) is 4.94. The zero-order valence-corrected chi connectivity index (χ0v) is 54.8. The van der Waals surface area contributed by atoms with Crippen LogP contribution in [0.1, 0.15) is 367 Å². The van der Waals surface area contributed by atoms with Gasteiger partial charge in [-0.2, -0.15) is 0 Å². The van der Waals surface area contributed by atoms with Gasteiger partial charge in [-0.05, 0) is 44.9 Å². The molecule has 470 valence electrons. The summed E-state index contributed by atoms with van der Waals surface area (Å²) < 4.78 is 23.9. The minimum Gasteiger partial charge on any atom is -0.391 e. The second-order valence-corrected chi connectivity index (χ2v) is 27.1. The van der Waals surface area contributed by atoms with Crippen LogP contribution < -0.4 is 5.32 Å². The molecule has 0 fully saturated rings. The van der Waals surface area contributed by atoms with Crippen molar-refractivity contribution in [2.75, 3.05) is 40.9 Å². The van der Waals surface area contributed by atoms with Crippen molar-refractivity contribution < 1.29 is 32.9 Å². The monoisotopic (exact) mass is 1140 g/mol. The third-order valence-electron chi connectivity index (χ3n) is 16.5. The number of hydrogen-bond acceptors (Lipinski definition) is 5. The molecular weight excluding hydrogens is 996 g/mol. The standard InChI is InChI=1S/C70H139N2O6P/c1-6-8-10-12-14-16-18-20-22-24-26-28-30-32-34-35-36-38-39-41-43-45-47-49-51-53-55-57-59-61-63-69(73)68(67-78-79(75,76)77-66-65-72(3,4)5)71-70(74)64-62-60-58-56-54-52-50-48-46-44-42-40-37-33-31-29-27-25-23-21-19-17-15-13-11-9-7-2/h19,21,25,27,68-69,73H,6-18,20,22-24,26,28-67H2,1-5H3,(H-,71,74,75,76)/p+1/b21-19-,27-25-. The van der Waals surface area contributed by atoms with E-state index in [0.717, 1.165) is 44.9 Å². The third kappa shape index (κ3) is 64.4. The van der Waals surface area contributed by atoms with Gasteiger partial charge in [0.1, 0.15) is 13.2 Å². The molecule has 0 bridgehead atoms. The average Bonchev–Trinajstić information content (AvgIpc) is 3.42. The molecule has 0 aromatic carbocycles. The lowest BCUT2D eigenvalue weighted by atomic mass is 10.0. The second-order valence-electron chi connectivity index (χ2n) is 25.6. The molecule has 0 aromatic rings. The molecule has 0 radical (unpaired) electrons. The molecule has 3 atom stereocenters. The number of phosphoric ester groups is 1. The number of nitrogens with one attached hydrogen (secondary N) is 1. The number of likely N-dealkylation sites (N-methyl/N-ethyl adjacent to an activating group) is 1. The fourth-order valence-corrected chi connectivity index (χ4v) is 11.7. The van der Waals surface area contributed by atoms with E-state index in [0.29, 0.717) is 23.9 Å². The first kappa shape index (κ1) is 78.0. The number of carbonyl (C=O) groups excluding carboxylic acids is 1. The molecule has 0 saturated heterocycles. The fraction of sp³-hybridized carbons (Fsp3) is 0.929. The number of phosphoric acid groups is 1. The van der Waals surface area contributed by atoms with Gasteiger partial charge in [-0.25, -0.2) is 4.57 Å². The quantitative estimate of drug-likeness (QED) is 0.0243. The van der Waals surface area contributed by atoms with E-state index in [9.17, 15) is 19.4 Å². The Bertz CT molecular complexity index is 1340. The number of aliphatic hydroxyl groups is 1. The van der Waals surface area contributed by atoms with Gasteiger partial charge in [0.25, 0.3) is 0 Å². The predicted molar refractivity (Wildman–Crippen MR) is 346 cm³/mol. The van der Waals surface area contributed by atoms with E-state index in [1.165, 1.54) is 295 Å². The number of quaternary nitrogens is 1. The molecule has 8 nitrogen and oxygen atoms in total. The van der Waals surface area contributed by atoms with E-state index in [1.807, 2.05) is 21.1 Å². The van der Waals surface area contributed by atoms with E-state index >= 15 is 0 Å². The summed E-state index contributed by atoms with van der Waals surface area (Å²) in [4.78, 5) is 23.5. The normalized spacial score (nSPS) is 13.8. The summed E-state index contributed by atoms with van der Waals surface area (Å²) >= 11 is 0. The summed E-state index contributed by atoms with van der Waals surface area (Å²) in [7, 11) is 1.63. The molecule has 0 aliphatic heterocycles. The van der Waals surface area contributed by atoms with Crippen LogP contribution in [0.2, 0.25) is 0 Å². The zero-order valence-electron chi connectivity index (χ0n) is 53.9. The first-order valence-corrected chi connectivity index (χ1v) is 36.7. The van der Waals surface area contributed by atoms with Crippen LogP contribution in [0.5, 0.6) is 0 Å². The summed E-state index contributed by atoms with van der Waals surface area (Å²) in [5, 5.41) is 14.2. The molecule has 0 aromatic heterocycles. The minimum absolute atomic E-state index is 0.0769. The molecule has 3 unspecified atom stereocenters. The lowest BCUT2D eigenvalue weighted by Gasteiger charge is -2.26. The Morgan fingerprint density at radius 1 is 0.430 bits per heavy atom. The van der Waals surface area contributed by atoms with Crippen LogP contribution >= 0.6 is 7.82 Å². The summed E-state index contributed by atoms with van der Waals surface area (Å²) in [6, 6.07) is -0.761. The van der Waals surface area contributed by atoms with Gasteiger partial charge in [0.2, 0.25) is 5.91 Å². The number of aliphatic hydroxyl groups excluding tert-OH is 1. The van der Waals surface area contributed by atoms with Crippen molar-refractivity contribution in [3.63, 3.8) is 0 Å². The molecule has 3 N–H and O–H groups in total. The molecule has 9 heteroatoms. The van der Waals surface area contributed by atoms with Gasteiger partial charge < -0.3 is 19.8 Å². The number of rotatable bonds is 66. The summed E-state index contributed by atoms with van der Waals surface area (Å²) in [5.41, 5.74) is 0. The Labute approximate surface area is 494 Å². The van der Waals surface area contributed by atoms with Crippen molar-refractivity contribution in [2.24, 2.45) is 0 Å². The van der Waals surface area contributed by atoms with E-state index in [1.54, 1.807) is 0 Å². The largest absolute Gasteiger partial charge is 0.472 e. The van der Waals surface area contributed by atoms with Crippen molar-refractivity contribution >= 4 is 13.7 Å². The maximum atomic E-state index is 13.1. The first-order valence-electron chi connectivity index (χ1n) is 35.2. The number of amides is 1. The fourth-order valence-electron chi connectivity index (χ4n) is 11.0. The van der Waals surface area contributed by atoms with Crippen LogP contribution in [0.15, 0.2) is 24.3 Å². The Morgan fingerprint density at radius 2 is 0.722 bits per heavy atom. The lowest BCUT2D eigenvalue weighted by molar-refractivity contribution is -0.870. The predicted octanol–water partition coefficient (Wildman–Crippen LogP) is 22.3. The maximum Gasteiger partial charge on any atom is 0.472 e. The highest BCUT2D eigenvalue weighted by molar-refractivity contribution is 7.47. The van der Waals surface area contributed by atoms with Crippen molar-refractivity contribution in [2.45, 2.75) is 379 Å². The molecule has 1 amide bonds. The summed E-state index contributed by atoms with van der Waals surface area (Å²) in [6.07, 6.45) is 79.9. The molecule has 79 heavy (non-hydrogen) atoms. The van der Waals surface area contributed by atoms with E-state index in [-0.39, 0.29) is 19.1 Å². The topological polar surface area (TPSA) is 105 Å². The van der Waals surface area contributed by atoms with Crippen molar-refractivity contribution in [3.05, 3.63) is 24.3 Å². The molecule has 0 heterocycles. The maximum absolute atomic E-state index is 13.1. The van der Waals surface area contributed by atoms with Gasteiger partial charge in [0.15, 0.2) is 0 Å². The molecule has 0 spiro atoms. The molecule has 0 aliphatic carbocycles. The van der Waals surface area contributed by atoms with E-state index in [2.05, 4.69) is 43.5 Å². The molecule has 0 aliphatic rings. The highest BCUT2D eigenvalue weighted by Crippen LogP contribution is 2.43. The zero-order chi connectivity index (χ0) is 57.7. The van der Waals surface area contributed by atoms with Gasteiger partial charge in [-0.15, -0.1) is 0 Å². The third-order valence-corrected chi connectivity index (χ3v) is 17.4. The van der Waals surface area contributed by atoms with Crippen LogP contribution in [0.4, 0.5) is 0 Å². The highest BCUT2D eigenvalue weighted by atomic mass is 31.2. The lowest BCUT2D eigenvalue weighted by Crippen LogP contribution is -2.46. The van der Waals surface area contributed by atoms with Crippen LogP contribution in [-0.4, -0.2) is 73.4 Å². The van der Waals surface area contributed by atoms with Crippen molar-refractivity contribution in [1.82, 2.24) is 5.32 Å². The number of hydrogen-bond donors (Lipinski definition) is 3. The Morgan fingerprint density at radius 3 is 1.04 bits per heavy atom. The van der Waals surface area contributed by atoms with Gasteiger partial charge >= 0.3 is 7.82 Å². The number of carbonyl (C=O) groups is 1. The Kier molecular flexibility index (Phi) is 60.7. The average molecular weight is 1140 g/mol. The molecule has 0 saturated carbocycles. The number of unbranched alkanes of at least 4 members (excludes halogenated alkanes) is 49. The van der Waals surface area contributed by atoms with Crippen molar-refractivity contribution in [3.8, 4) is 0 Å². The smallest absolute Gasteiger partial charge is 0.391 e. The first-order chi connectivity index (χ1) is 38.5. The van der Waals surface area contributed by atoms with E-state index in [4.69, 9.17) is 9.05 Å². The Hall–Kier alpha value is -1.02. The van der Waals surface area contributed by atoms with Crippen molar-refractivity contribution in [1.29, 1.82) is 0 Å². The van der Waals surface area contributed by atoms with Crippen LogP contribution in [0.25, 0.3) is 0 Å². The van der Waals surface area contributed by atoms with Gasteiger partial charge in [-0.1, -0.05) is 340 Å². The highest BCUT2D eigenvalue weighted by Gasteiger charge is 2.28. The van der Waals surface area contributed by atoms with Gasteiger partial charge in [0.05, 0.1) is 39.9 Å². The second kappa shape index (κ2) is 61.5. The molecular formula is C70H140N2O6P+. The van der Waals surface area contributed by atoms with Crippen LogP contribution in [-0.2, 0) is 18.4 Å². The van der Waals surface area contributed by atoms with E-state index < -0.39 is 20.0 Å². The minimum atomic E-state index is -4.33. The summed E-state index contributed by atoms with van der Waals surface area (Å²) in [5.74, 6) is -0.137. The van der Waals surface area contributed by atoms with Gasteiger partial charge in [-0.3, -0.25) is 13.8 Å². The SMILES string of the molecule is CCCCCCC/C=C\C/C=C\CCCCCCCCCCCCCCCCCC(=O)NC(COP(=O)(O)OCC[N+](C)(C)C)C(O)CCCCCCCCCCCCCCCCCCCCCCCCCCCCCCCC.